The van der Waals surface area contributed by atoms with Crippen LogP contribution in [0.1, 0.15) is 49.4 Å². The molecule has 2 aromatic carbocycles. The van der Waals surface area contributed by atoms with E-state index in [0.29, 0.717) is 5.56 Å². The summed E-state index contributed by atoms with van der Waals surface area (Å²) in [5.41, 5.74) is -0.110. The molecule has 4 rings (SSSR count). The van der Waals surface area contributed by atoms with Gasteiger partial charge < -0.3 is 4.90 Å². The van der Waals surface area contributed by atoms with Crippen molar-refractivity contribution in [3.05, 3.63) is 81.5 Å². The van der Waals surface area contributed by atoms with Crippen LogP contribution < -0.4 is 0 Å². The number of fused-ring (bicyclic) bond motifs is 3. The van der Waals surface area contributed by atoms with Crippen LogP contribution in [-0.4, -0.2) is 21.6 Å². The van der Waals surface area contributed by atoms with Crippen LogP contribution >= 0.6 is 0 Å². The van der Waals surface area contributed by atoms with Crippen molar-refractivity contribution in [3.8, 4) is 12.1 Å². The lowest BCUT2D eigenvalue weighted by atomic mass is 9.66. The van der Waals surface area contributed by atoms with E-state index in [4.69, 9.17) is 0 Å². The maximum atomic E-state index is 13.7. The van der Waals surface area contributed by atoms with Gasteiger partial charge in [-0.2, -0.15) is 10.5 Å². The average molecular weight is 426 g/mol. The van der Waals surface area contributed by atoms with Crippen molar-refractivity contribution in [3.63, 3.8) is 0 Å². The molecule has 0 amide bonds. The summed E-state index contributed by atoms with van der Waals surface area (Å²) >= 11 is 0. The first-order valence-corrected chi connectivity index (χ1v) is 10.3. The normalized spacial score (nSPS) is 22.9. The molecule has 0 bridgehead atoms. The molecular formula is C25H22N4O3. The van der Waals surface area contributed by atoms with E-state index < -0.39 is 33.8 Å². The highest BCUT2D eigenvalue weighted by atomic mass is 16.6. The Morgan fingerprint density at radius 2 is 1.72 bits per heavy atom. The zero-order valence-electron chi connectivity index (χ0n) is 18.0. The topological polar surface area (TPSA) is 111 Å². The Morgan fingerprint density at radius 3 is 2.28 bits per heavy atom. The van der Waals surface area contributed by atoms with Crippen LogP contribution in [0.2, 0.25) is 0 Å². The highest BCUT2D eigenvalue weighted by molar-refractivity contribution is 5.91. The molecule has 0 aromatic heterocycles. The standard InChI is InChI=1S/C25H22N4O3/c1-24(2,3)23(30)21-20(17-8-10-18(11-9-17)29(31)32)25(14-26,15-27)22-19-7-5-4-6-16(19)12-13-28(21)22/h4-13,20-22H,1-3H3/t20-,21-,22+/m0/s1. The zero-order chi connectivity index (χ0) is 23.3. The summed E-state index contributed by atoms with van der Waals surface area (Å²) in [6.07, 6.45) is 3.70. The number of nitro benzene ring substituents is 1. The van der Waals surface area contributed by atoms with Gasteiger partial charge in [-0.1, -0.05) is 57.2 Å². The SMILES string of the molecule is CC(C)(C)C(=O)[C@@H]1[C@H](c2ccc([N+](=O)[O-])cc2)C(C#N)(C#N)[C@H]2c3ccccc3C=CN12. The molecule has 7 heteroatoms. The van der Waals surface area contributed by atoms with Crippen LogP contribution in [0, 0.1) is 43.6 Å². The van der Waals surface area contributed by atoms with Gasteiger partial charge in [0, 0.05) is 29.7 Å². The first-order valence-electron chi connectivity index (χ1n) is 10.3. The molecule has 32 heavy (non-hydrogen) atoms. The van der Waals surface area contributed by atoms with Crippen LogP contribution in [0.4, 0.5) is 5.69 Å². The van der Waals surface area contributed by atoms with E-state index in [1.54, 1.807) is 18.3 Å². The fourth-order valence-electron chi connectivity index (χ4n) is 4.92. The Kier molecular flexibility index (Phi) is 4.86. The molecule has 0 unspecified atom stereocenters. The molecular weight excluding hydrogens is 404 g/mol. The third-order valence-corrected chi connectivity index (χ3v) is 6.41. The lowest BCUT2D eigenvalue weighted by Crippen LogP contribution is -2.43. The number of nitrogens with zero attached hydrogens (tertiary/aromatic N) is 4. The van der Waals surface area contributed by atoms with E-state index in [0.717, 1.165) is 11.1 Å². The number of hydrogen-bond donors (Lipinski definition) is 0. The molecule has 0 N–H and O–H groups in total. The molecule has 0 saturated carbocycles. The number of benzene rings is 2. The third-order valence-electron chi connectivity index (χ3n) is 6.41. The highest BCUT2D eigenvalue weighted by Gasteiger charge is 2.64. The first kappa shape index (κ1) is 21.3. The Morgan fingerprint density at radius 1 is 1.09 bits per heavy atom. The largest absolute Gasteiger partial charge is 0.357 e. The van der Waals surface area contributed by atoms with Gasteiger partial charge in [-0.25, -0.2) is 0 Å². The number of carbonyl (C=O) groups excluding carboxylic acids is 1. The summed E-state index contributed by atoms with van der Waals surface area (Å²) in [4.78, 5) is 26.2. The average Bonchev–Trinajstić information content (AvgIpc) is 3.08. The van der Waals surface area contributed by atoms with Gasteiger partial charge in [0.15, 0.2) is 11.2 Å². The number of hydrogen-bond acceptors (Lipinski definition) is 6. The van der Waals surface area contributed by atoms with Gasteiger partial charge in [-0.05, 0) is 22.8 Å². The summed E-state index contributed by atoms with van der Waals surface area (Å²) in [6, 6.07) is 16.5. The lowest BCUT2D eigenvalue weighted by molar-refractivity contribution is -0.384. The molecule has 160 valence electrons. The number of nitro groups is 1. The number of carbonyl (C=O) groups is 1. The molecule has 0 radical (unpaired) electrons. The first-order chi connectivity index (χ1) is 15.2. The lowest BCUT2D eigenvalue weighted by Gasteiger charge is -2.36. The van der Waals surface area contributed by atoms with E-state index in [1.165, 1.54) is 12.1 Å². The molecule has 2 aromatic rings. The van der Waals surface area contributed by atoms with Crippen LogP contribution in [0.5, 0.6) is 0 Å². The van der Waals surface area contributed by atoms with Crippen molar-refractivity contribution in [1.29, 1.82) is 10.5 Å². The molecule has 2 heterocycles. The van der Waals surface area contributed by atoms with Gasteiger partial charge in [0.05, 0.1) is 29.1 Å². The van der Waals surface area contributed by atoms with E-state index in [1.807, 2.05) is 56.0 Å². The second kappa shape index (κ2) is 7.32. The van der Waals surface area contributed by atoms with Gasteiger partial charge in [-0.3, -0.25) is 14.9 Å². The van der Waals surface area contributed by atoms with Crippen LogP contribution in [-0.2, 0) is 4.79 Å². The minimum absolute atomic E-state index is 0.0899. The van der Waals surface area contributed by atoms with E-state index in [-0.39, 0.29) is 11.5 Å². The summed E-state index contributed by atoms with van der Waals surface area (Å²) < 4.78 is 0. The minimum Gasteiger partial charge on any atom is -0.357 e. The smallest absolute Gasteiger partial charge is 0.269 e. The van der Waals surface area contributed by atoms with Crippen LogP contribution in [0.15, 0.2) is 54.7 Å². The highest BCUT2D eigenvalue weighted by Crippen LogP contribution is 2.60. The van der Waals surface area contributed by atoms with Crippen molar-refractivity contribution in [2.75, 3.05) is 0 Å². The molecule has 2 aliphatic heterocycles. The summed E-state index contributed by atoms with van der Waals surface area (Å²) in [7, 11) is 0. The minimum atomic E-state index is -1.57. The predicted molar refractivity (Wildman–Crippen MR) is 118 cm³/mol. The van der Waals surface area contributed by atoms with Gasteiger partial charge in [0.1, 0.15) is 0 Å². The van der Waals surface area contributed by atoms with Crippen molar-refractivity contribution in [2.24, 2.45) is 10.8 Å². The zero-order valence-corrected chi connectivity index (χ0v) is 18.0. The van der Waals surface area contributed by atoms with Gasteiger partial charge in [-0.15, -0.1) is 0 Å². The van der Waals surface area contributed by atoms with E-state index in [2.05, 4.69) is 12.1 Å². The van der Waals surface area contributed by atoms with E-state index >= 15 is 0 Å². The molecule has 1 saturated heterocycles. The summed E-state index contributed by atoms with van der Waals surface area (Å²) in [5.74, 6) is -0.881. The Hall–Kier alpha value is -3.97. The quantitative estimate of drug-likeness (QED) is 0.518. The Balaban J connectivity index is 1.99. The molecule has 7 nitrogen and oxygen atoms in total. The Bertz CT molecular complexity index is 1200. The summed E-state index contributed by atoms with van der Waals surface area (Å²) in [5, 5.41) is 32.0. The van der Waals surface area contributed by atoms with Crippen molar-refractivity contribution >= 4 is 17.5 Å². The fraction of sp³-hybridized carbons (Fsp3) is 0.320. The van der Waals surface area contributed by atoms with Crippen molar-refractivity contribution in [1.82, 2.24) is 4.90 Å². The van der Waals surface area contributed by atoms with Gasteiger partial charge in [0.25, 0.3) is 5.69 Å². The van der Waals surface area contributed by atoms with E-state index in [9.17, 15) is 25.4 Å². The third kappa shape index (κ3) is 2.98. The molecule has 2 aliphatic rings. The number of Topliss-reactive ketones (excluding diaryl/α,β-unsaturated/α-hetero) is 1. The Labute approximate surface area is 186 Å². The van der Waals surface area contributed by atoms with Crippen molar-refractivity contribution < 1.29 is 9.72 Å². The van der Waals surface area contributed by atoms with Gasteiger partial charge >= 0.3 is 0 Å². The molecule has 0 spiro atoms. The molecule has 0 aliphatic carbocycles. The maximum absolute atomic E-state index is 13.7. The number of nitriles is 2. The summed E-state index contributed by atoms with van der Waals surface area (Å²) in [6.45, 7) is 5.45. The second-order valence-electron chi connectivity index (χ2n) is 9.27. The monoisotopic (exact) mass is 426 g/mol. The predicted octanol–water partition coefficient (Wildman–Crippen LogP) is 4.74. The van der Waals surface area contributed by atoms with Crippen LogP contribution in [0.25, 0.3) is 6.08 Å². The number of rotatable bonds is 3. The van der Waals surface area contributed by atoms with Gasteiger partial charge in [0.2, 0.25) is 0 Å². The van der Waals surface area contributed by atoms with Crippen molar-refractivity contribution in [2.45, 2.75) is 38.8 Å². The number of ketones is 1. The molecule has 3 atom stereocenters. The number of non-ortho nitro benzene ring substituents is 1. The second-order valence-corrected chi connectivity index (χ2v) is 9.27. The fourth-order valence-corrected chi connectivity index (χ4v) is 4.92. The maximum Gasteiger partial charge on any atom is 0.269 e. The van der Waals surface area contributed by atoms with Crippen LogP contribution in [0.3, 0.4) is 0 Å². The molecule has 1 fully saturated rings.